The summed E-state index contributed by atoms with van der Waals surface area (Å²) in [5.41, 5.74) is 6.50. The Balaban J connectivity index is 2.30. The van der Waals surface area contributed by atoms with E-state index in [1.165, 1.54) is 0 Å². The van der Waals surface area contributed by atoms with E-state index in [0.29, 0.717) is 6.04 Å². The Bertz CT molecular complexity index is 367. The summed E-state index contributed by atoms with van der Waals surface area (Å²) in [5, 5.41) is 4.43. The minimum absolute atomic E-state index is 0.178. The van der Waals surface area contributed by atoms with Crippen LogP contribution in [0.15, 0.2) is 0 Å². The Morgan fingerprint density at radius 1 is 1.40 bits per heavy atom. The zero-order valence-corrected chi connectivity index (χ0v) is 9.99. The molecule has 1 fully saturated rings. The molecule has 0 aromatic carbocycles. The second kappa shape index (κ2) is 3.30. The molecule has 1 saturated carbocycles. The van der Waals surface area contributed by atoms with E-state index in [1.807, 2.05) is 18.5 Å². The van der Waals surface area contributed by atoms with Crippen LogP contribution in [0.25, 0.3) is 0 Å². The van der Waals surface area contributed by atoms with E-state index in [0.717, 1.165) is 24.5 Å². The second-order valence-electron chi connectivity index (χ2n) is 5.27. The van der Waals surface area contributed by atoms with Crippen LogP contribution in [0.4, 0.5) is 0 Å². The lowest BCUT2D eigenvalue weighted by Gasteiger charge is -2.27. The highest BCUT2D eigenvalue weighted by Gasteiger charge is 2.41. The SMILES string of the molecule is Cc1nc(C)n(C2CCC(C)(C)C2N)n1. The number of hydrogen-bond acceptors (Lipinski definition) is 3. The number of aryl methyl sites for hydroxylation is 2. The molecular weight excluding hydrogens is 188 g/mol. The molecule has 1 aromatic heterocycles. The third-order valence-electron chi connectivity index (χ3n) is 3.62. The molecule has 2 N–H and O–H groups in total. The average molecular weight is 208 g/mol. The second-order valence-corrected chi connectivity index (χ2v) is 5.27. The molecule has 4 heteroatoms. The van der Waals surface area contributed by atoms with Crippen molar-refractivity contribution in [3.63, 3.8) is 0 Å². The quantitative estimate of drug-likeness (QED) is 0.762. The molecule has 0 amide bonds. The number of nitrogens with zero attached hydrogens (tertiary/aromatic N) is 3. The van der Waals surface area contributed by atoms with E-state index in [9.17, 15) is 0 Å². The summed E-state index contributed by atoms with van der Waals surface area (Å²) in [6.07, 6.45) is 2.27. The van der Waals surface area contributed by atoms with E-state index >= 15 is 0 Å². The highest BCUT2D eigenvalue weighted by molar-refractivity contribution is 5.01. The van der Waals surface area contributed by atoms with Gasteiger partial charge in [-0.3, -0.25) is 0 Å². The molecule has 84 valence electrons. The highest BCUT2D eigenvalue weighted by Crippen LogP contribution is 2.42. The molecule has 2 atom stereocenters. The van der Waals surface area contributed by atoms with Gasteiger partial charge < -0.3 is 5.73 Å². The van der Waals surface area contributed by atoms with Crippen molar-refractivity contribution >= 4 is 0 Å². The van der Waals surface area contributed by atoms with Gasteiger partial charge in [-0.05, 0) is 32.1 Å². The number of rotatable bonds is 1. The summed E-state index contributed by atoms with van der Waals surface area (Å²) >= 11 is 0. The van der Waals surface area contributed by atoms with Gasteiger partial charge in [-0.15, -0.1) is 0 Å². The predicted molar refractivity (Wildman–Crippen MR) is 59.5 cm³/mol. The molecule has 1 aromatic rings. The van der Waals surface area contributed by atoms with Crippen LogP contribution in [0.2, 0.25) is 0 Å². The van der Waals surface area contributed by atoms with E-state index in [2.05, 4.69) is 23.9 Å². The van der Waals surface area contributed by atoms with Gasteiger partial charge >= 0.3 is 0 Å². The van der Waals surface area contributed by atoms with Crippen molar-refractivity contribution in [1.82, 2.24) is 14.8 Å². The van der Waals surface area contributed by atoms with Crippen molar-refractivity contribution < 1.29 is 0 Å². The van der Waals surface area contributed by atoms with Gasteiger partial charge in [0.2, 0.25) is 0 Å². The normalized spacial score (nSPS) is 29.7. The summed E-state index contributed by atoms with van der Waals surface area (Å²) in [5.74, 6) is 1.81. The molecule has 0 saturated heterocycles. The molecule has 1 heterocycles. The summed E-state index contributed by atoms with van der Waals surface area (Å²) in [6.45, 7) is 8.39. The van der Waals surface area contributed by atoms with Crippen molar-refractivity contribution in [2.45, 2.75) is 52.6 Å². The Kier molecular flexibility index (Phi) is 2.34. The van der Waals surface area contributed by atoms with Gasteiger partial charge in [-0.25, -0.2) is 9.67 Å². The lowest BCUT2D eigenvalue weighted by molar-refractivity contribution is 0.288. The van der Waals surface area contributed by atoms with Crippen LogP contribution in [-0.2, 0) is 0 Å². The topological polar surface area (TPSA) is 56.7 Å². The lowest BCUT2D eigenvalue weighted by atomic mass is 9.87. The third kappa shape index (κ3) is 1.67. The van der Waals surface area contributed by atoms with Crippen molar-refractivity contribution in [2.75, 3.05) is 0 Å². The minimum atomic E-state index is 0.178. The van der Waals surface area contributed by atoms with Crippen LogP contribution in [0.1, 0.15) is 44.4 Å². The Morgan fingerprint density at radius 2 is 2.07 bits per heavy atom. The van der Waals surface area contributed by atoms with Gasteiger partial charge in [0, 0.05) is 6.04 Å². The summed E-state index contributed by atoms with van der Waals surface area (Å²) < 4.78 is 2.01. The van der Waals surface area contributed by atoms with Crippen molar-refractivity contribution in [3.05, 3.63) is 11.6 Å². The molecule has 0 bridgehead atoms. The van der Waals surface area contributed by atoms with Gasteiger partial charge in [0.25, 0.3) is 0 Å². The smallest absolute Gasteiger partial charge is 0.147 e. The molecule has 4 nitrogen and oxygen atoms in total. The van der Waals surface area contributed by atoms with Gasteiger partial charge in [-0.2, -0.15) is 5.10 Å². The molecule has 0 spiro atoms. The van der Waals surface area contributed by atoms with Crippen LogP contribution >= 0.6 is 0 Å². The van der Waals surface area contributed by atoms with Gasteiger partial charge in [0.1, 0.15) is 11.6 Å². The molecule has 2 unspecified atom stereocenters. The molecule has 1 aliphatic rings. The van der Waals surface area contributed by atoms with Crippen LogP contribution in [0.5, 0.6) is 0 Å². The largest absolute Gasteiger partial charge is 0.325 e. The van der Waals surface area contributed by atoms with E-state index in [-0.39, 0.29) is 11.5 Å². The molecule has 0 radical (unpaired) electrons. The maximum absolute atomic E-state index is 6.28. The van der Waals surface area contributed by atoms with Crippen molar-refractivity contribution in [3.8, 4) is 0 Å². The first-order valence-corrected chi connectivity index (χ1v) is 5.57. The lowest BCUT2D eigenvalue weighted by Crippen LogP contribution is -2.38. The Hall–Kier alpha value is -0.900. The van der Waals surface area contributed by atoms with Crippen LogP contribution in [0, 0.1) is 19.3 Å². The Morgan fingerprint density at radius 3 is 2.47 bits per heavy atom. The van der Waals surface area contributed by atoms with Gasteiger partial charge in [0.05, 0.1) is 6.04 Å². The summed E-state index contributed by atoms with van der Waals surface area (Å²) in [4.78, 5) is 4.33. The fraction of sp³-hybridized carbons (Fsp3) is 0.818. The first-order chi connectivity index (χ1) is 6.92. The van der Waals surface area contributed by atoms with Gasteiger partial charge in [-0.1, -0.05) is 13.8 Å². The molecular formula is C11H20N4. The molecule has 2 rings (SSSR count). The van der Waals surface area contributed by atoms with Crippen LogP contribution in [-0.4, -0.2) is 20.8 Å². The van der Waals surface area contributed by atoms with Crippen LogP contribution in [0.3, 0.4) is 0 Å². The van der Waals surface area contributed by atoms with Crippen molar-refractivity contribution in [2.24, 2.45) is 11.1 Å². The standard InChI is InChI=1S/C11H20N4/c1-7-13-8(2)15(14-7)9-5-6-11(3,4)10(9)12/h9-10H,5-6,12H2,1-4H3. The molecule has 1 aliphatic carbocycles. The molecule has 0 aliphatic heterocycles. The monoisotopic (exact) mass is 208 g/mol. The summed E-state index contributed by atoms with van der Waals surface area (Å²) in [7, 11) is 0. The Labute approximate surface area is 90.9 Å². The fourth-order valence-corrected chi connectivity index (χ4v) is 2.51. The zero-order chi connectivity index (χ0) is 11.2. The third-order valence-corrected chi connectivity index (χ3v) is 3.62. The van der Waals surface area contributed by atoms with Crippen molar-refractivity contribution in [1.29, 1.82) is 0 Å². The highest BCUT2D eigenvalue weighted by atomic mass is 15.4. The minimum Gasteiger partial charge on any atom is -0.325 e. The van der Waals surface area contributed by atoms with E-state index in [4.69, 9.17) is 5.73 Å². The number of hydrogen-bond donors (Lipinski definition) is 1. The van der Waals surface area contributed by atoms with Gasteiger partial charge in [0.15, 0.2) is 0 Å². The maximum atomic E-state index is 6.28. The van der Waals surface area contributed by atoms with E-state index in [1.54, 1.807) is 0 Å². The number of aromatic nitrogens is 3. The maximum Gasteiger partial charge on any atom is 0.147 e. The first-order valence-electron chi connectivity index (χ1n) is 5.57. The van der Waals surface area contributed by atoms with Crippen LogP contribution < -0.4 is 5.73 Å². The zero-order valence-electron chi connectivity index (χ0n) is 9.99. The average Bonchev–Trinajstić information content (AvgIpc) is 2.56. The fourth-order valence-electron chi connectivity index (χ4n) is 2.51. The summed E-state index contributed by atoms with van der Waals surface area (Å²) in [6, 6.07) is 0.499. The first kappa shape index (κ1) is 10.6. The van der Waals surface area contributed by atoms with E-state index < -0.39 is 0 Å². The molecule has 15 heavy (non-hydrogen) atoms. The predicted octanol–water partition coefficient (Wildman–Crippen LogP) is 1.58. The number of nitrogens with two attached hydrogens (primary N) is 1.